The molecule has 0 atom stereocenters. The van der Waals surface area contributed by atoms with Crippen LogP contribution in [0.4, 0.5) is 0 Å². The van der Waals surface area contributed by atoms with Crippen molar-refractivity contribution < 1.29 is 8.42 Å². The van der Waals surface area contributed by atoms with Crippen LogP contribution in [0.2, 0.25) is 0 Å². The summed E-state index contributed by atoms with van der Waals surface area (Å²) in [5.74, 6) is 1.10. The Hall–Kier alpha value is -0.0700. The smallest absolute Gasteiger partial charge is 0.152 e. The van der Waals surface area contributed by atoms with Crippen molar-refractivity contribution in [3.8, 4) is 0 Å². The first-order valence-electron chi connectivity index (χ1n) is 5.61. The Kier molecular flexibility index (Phi) is 5.47. The number of aromatic nitrogens is 1. The Morgan fingerprint density at radius 3 is 2.47 bits per heavy atom. The van der Waals surface area contributed by atoms with Gasteiger partial charge in [-0.3, -0.25) is 0 Å². The first kappa shape index (κ1) is 15.0. The van der Waals surface area contributed by atoms with Crippen molar-refractivity contribution in [3.63, 3.8) is 0 Å². The van der Waals surface area contributed by atoms with Crippen LogP contribution in [-0.2, 0) is 9.84 Å². The number of hydrogen-bond acceptors (Lipinski definition) is 5. The summed E-state index contributed by atoms with van der Waals surface area (Å²) in [7, 11) is -2.89. The van der Waals surface area contributed by atoms with Crippen LogP contribution in [-0.4, -0.2) is 30.2 Å². The second kappa shape index (κ2) is 6.20. The molecule has 0 aliphatic rings. The third kappa shape index (κ3) is 4.60. The highest BCUT2D eigenvalue weighted by molar-refractivity contribution is 8.01. The topological polar surface area (TPSA) is 47.0 Å². The normalized spacial score (nSPS) is 12.3. The Balaban J connectivity index is 2.34. The molecule has 3 nitrogen and oxygen atoms in total. The van der Waals surface area contributed by atoms with E-state index < -0.39 is 9.84 Å². The first-order chi connectivity index (χ1) is 7.83. The van der Waals surface area contributed by atoms with Crippen LogP contribution >= 0.6 is 23.1 Å². The van der Waals surface area contributed by atoms with Crippen molar-refractivity contribution in [1.82, 2.24) is 4.98 Å². The summed E-state index contributed by atoms with van der Waals surface area (Å²) in [6.07, 6.45) is 0.697. The van der Waals surface area contributed by atoms with Gasteiger partial charge in [-0.2, -0.15) is 0 Å². The highest BCUT2D eigenvalue weighted by atomic mass is 32.2. The molecule has 98 valence electrons. The number of sulfone groups is 1. The summed E-state index contributed by atoms with van der Waals surface area (Å²) < 4.78 is 24.2. The Morgan fingerprint density at radius 2 is 2.00 bits per heavy atom. The molecule has 0 saturated heterocycles. The van der Waals surface area contributed by atoms with Crippen molar-refractivity contribution in [2.45, 2.75) is 43.7 Å². The summed E-state index contributed by atoms with van der Waals surface area (Å²) in [6.45, 7) is 7.52. The number of aryl methyl sites for hydroxylation is 2. The predicted octanol–water partition coefficient (Wildman–Crippen LogP) is 3.07. The zero-order chi connectivity index (χ0) is 13.1. The molecule has 0 saturated carbocycles. The maximum atomic E-state index is 11.6. The summed E-state index contributed by atoms with van der Waals surface area (Å²) in [5, 5.41) is -0.267. The van der Waals surface area contributed by atoms with Crippen molar-refractivity contribution in [1.29, 1.82) is 0 Å². The average Bonchev–Trinajstić information content (AvgIpc) is 2.53. The molecule has 0 N–H and O–H groups in total. The fourth-order valence-electron chi connectivity index (χ4n) is 1.16. The van der Waals surface area contributed by atoms with Gasteiger partial charge >= 0.3 is 0 Å². The summed E-state index contributed by atoms with van der Waals surface area (Å²) in [5.41, 5.74) is 1.08. The lowest BCUT2D eigenvalue weighted by Gasteiger charge is -2.06. The molecule has 0 bridgehead atoms. The van der Waals surface area contributed by atoms with Gasteiger partial charge in [0.05, 0.1) is 16.7 Å². The van der Waals surface area contributed by atoms with Crippen LogP contribution in [0.25, 0.3) is 0 Å². The number of thioether (sulfide) groups is 1. The zero-order valence-corrected chi connectivity index (χ0v) is 13.1. The van der Waals surface area contributed by atoms with Crippen LogP contribution in [0.15, 0.2) is 4.34 Å². The van der Waals surface area contributed by atoms with E-state index in [1.54, 1.807) is 36.9 Å². The van der Waals surface area contributed by atoms with Gasteiger partial charge in [0.2, 0.25) is 0 Å². The molecule has 0 aliphatic carbocycles. The van der Waals surface area contributed by atoms with Gasteiger partial charge in [0.15, 0.2) is 9.84 Å². The van der Waals surface area contributed by atoms with Gasteiger partial charge in [-0.1, -0.05) is 11.8 Å². The van der Waals surface area contributed by atoms with E-state index in [9.17, 15) is 8.42 Å². The van der Waals surface area contributed by atoms with Crippen molar-refractivity contribution >= 4 is 32.9 Å². The summed E-state index contributed by atoms with van der Waals surface area (Å²) in [4.78, 5) is 5.65. The van der Waals surface area contributed by atoms with Crippen molar-refractivity contribution in [3.05, 3.63) is 10.6 Å². The van der Waals surface area contributed by atoms with Gasteiger partial charge in [0, 0.05) is 10.6 Å². The largest absolute Gasteiger partial charge is 0.235 e. The number of hydrogen-bond donors (Lipinski definition) is 0. The summed E-state index contributed by atoms with van der Waals surface area (Å²) >= 11 is 3.33. The molecule has 1 heterocycles. The molecule has 0 aromatic carbocycles. The van der Waals surface area contributed by atoms with Crippen LogP contribution in [0, 0.1) is 13.8 Å². The standard InChI is InChI=1S/C11H19NO2S3/c1-8(2)17(13,14)7-5-6-15-11-12-9(3)10(4)16-11/h8H,5-7H2,1-4H3. The molecule has 0 aliphatic heterocycles. The Bertz CT molecular complexity index is 444. The zero-order valence-electron chi connectivity index (χ0n) is 10.7. The first-order valence-corrected chi connectivity index (χ1v) is 9.13. The molecular weight excluding hydrogens is 274 g/mol. The fraction of sp³-hybridized carbons (Fsp3) is 0.727. The molecular formula is C11H19NO2S3. The average molecular weight is 293 g/mol. The third-order valence-corrected chi connectivity index (χ3v) is 7.12. The minimum Gasteiger partial charge on any atom is -0.235 e. The van der Waals surface area contributed by atoms with Crippen LogP contribution in [0.5, 0.6) is 0 Å². The van der Waals surface area contributed by atoms with Crippen molar-refractivity contribution in [2.24, 2.45) is 0 Å². The van der Waals surface area contributed by atoms with Crippen LogP contribution in [0.3, 0.4) is 0 Å². The van der Waals surface area contributed by atoms with Crippen LogP contribution < -0.4 is 0 Å². The van der Waals surface area contributed by atoms with Gasteiger partial charge in [-0.25, -0.2) is 13.4 Å². The number of nitrogens with zero attached hydrogens (tertiary/aromatic N) is 1. The lowest BCUT2D eigenvalue weighted by Crippen LogP contribution is -2.17. The van der Waals surface area contributed by atoms with E-state index in [-0.39, 0.29) is 11.0 Å². The molecule has 1 aromatic heterocycles. The SMILES string of the molecule is Cc1nc(SCCCS(=O)(=O)C(C)C)sc1C. The quantitative estimate of drug-likeness (QED) is 0.597. The predicted molar refractivity (Wildman–Crippen MR) is 75.9 cm³/mol. The molecule has 0 spiro atoms. The molecule has 0 radical (unpaired) electrons. The Labute approximate surface area is 112 Å². The third-order valence-electron chi connectivity index (χ3n) is 2.53. The van der Waals surface area contributed by atoms with E-state index >= 15 is 0 Å². The number of rotatable bonds is 6. The van der Waals surface area contributed by atoms with Gasteiger partial charge in [-0.15, -0.1) is 11.3 Å². The van der Waals surface area contributed by atoms with E-state index in [1.165, 1.54) is 4.88 Å². The lowest BCUT2D eigenvalue weighted by atomic mass is 10.4. The molecule has 0 unspecified atom stereocenters. The van der Waals surface area contributed by atoms with E-state index in [4.69, 9.17) is 0 Å². The molecule has 0 fully saturated rings. The minimum atomic E-state index is -2.89. The van der Waals surface area contributed by atoms with Gasteiger partial charge in [-0.05, 0) is 34.1 Å². The van der Waals surface area contributed by atoms with E-state index in [0.717, 1.165) is 15.8 Å². The minimum absolute atomic E-state index is 0.267. The monoisotopic (exact) mass is 293 g/mol. The lowest BCUT2D eigenvalue weighted by molar-refractivity contribution is 0.586. The fourth-order valence-corrected chi connectivity index (χ4v) is 4.52. The second-order valence-corrected chi connectivity index (χ2v) is 9.46. The highest BCUT2D eigenvalue weighted by Crippen LogP contribution is 2.26. The van der Waals surface area contributed by atoms with E-state index in [0.29, 0.717) is 6.42 Å². The maximum Gasteiger partial charge on any atom is 0.152 e. The molecule has 17 heavy (non-hydrogen) atoms. The van der Waals surface area contributed by atoms with E-state index in [1.807, 2.05) is 6.92 Å². The van der Waals surface area contributed by atoms with Crippen LogP contribution in [0.1, 0.15) is 30.8 Å². The second-order valence-electron chi connectivity index (χ2n) is 4.24. The highest BCUT2D eigenvalue weighted by Gasteiger charge is 2.15. The molecule has 6 heteroatoms. The molecule has 1 rings (SSSR count). The molecule has 0 amide bonds. The summed E-state index contributed by atoms with van der Waals surface area (Å²) in [6, 6.07) is 0. The van der Waals surface area contributed by atoms with E-state index in [2.05, 4.69) is 11.9 Å². The van der Waals surface area contributed by atoms with Gasteiger partial charge < -0.3 is 0 Å². The van der Waals surface area contributed by atoms with Gasteiger partial charge in [0.25, 0.3) is 0 Å². The number of thiazole rings is 1. The Morgan fingerprint density at radius 1 is 1.35 bits per heavy atom. The molecule has 1 aromatic rings. The van der Waals surface area contributed by atoms with Crippen molar-refractivity contribution in [2.75, 3.05) is 11.5 Å². The maximum absolute atomic E-state index is 11.6. The van der Waals surface area contributed by atoms with Gasteiger partial charge in [0.1, 0.15) is 4.34 Å².